The van der Waals surface area contributed by atoms with Gasteiger partial charge in [0.1, 0.15) is 0 Å². The Morgan fingerprint density at radius 2 is 0.345 bits per heavy atom. The van der Waals surface area contributed by atoms with E-state index in [1.807, 2.05) is 0 Å². The molecule has 1 nitrogen and oxygen atoms in total. The van der Waals surface area contributed by atoms with Crippen LogP contribution in [0.1, 0.15) is 12.8 Å². The van der Waals surface area contributed by atoms with Crippen molar-refractivity contribution in [3.8, 4) is 0 Å². The van der Waals surface area contributed by atoms with Crippen LogP contribution in [0.3, 0.4) is 0 Å². The fourth-order valence-electron chi connectivity index (χ4n) is 3.21. The van der Waals surface area contributed by atoms with Gasteiger partial charge in [-0.2, -0.15) is 149 Å². The highest BCUT2D eigenvalue weighted by molar-refractivity contribution is 5.16. The van der Waals surface area contributed by atoms with Crippen LogP contribution in [0.5, 0.6) is 0 Å². The molecule has 35 heteroatoms. The van der Waals surface area contributed by atoms with E-state index in [1.165, 1.54) is 0 Å². The average molecular weight is 910 g/mol. The van der Waals surface area contributed by atoms with Crippen molar-refractivity contribution in [2.24, 2.45) is 0 Å². The summed E-state index contributed by atoms with van der Waals surface area (Å²) < 4.78 is 451. The summed E-state index contributed by atoms with van der Waals surface area (Å²) in [6.45, 7) is -5.87. The highest BCUT2D eigenvalue weighted by atomic mass is 19.4. The minimum atomic E-state index is -9.10. The van der Waals surface area contributed by atoms with E-state index in [1.54, 1.807) is 0 Å². The van der Waals surface area contributed by atoms with Gasteiger partial charge in [0, 0.05) is 12.8 Å². The Labute approximate surface area is 276 Å². The topological polar surface area (TPSA) is 9.23 Å². The van der Waals surface area contributed by atoms with Gasteiger partial charge in [0.05, 0.1) is 13.2 Å². The second kappa shape index (κ2) is 13.6. The zero-order chi connectivity index (χ0) is 45.5. The minimum Gasteiger partial charge on any atom is -0.381 e. The van der Waals surface area contributed by atoms with Gasteiger partial charge in [-0.25, -0.2) is 0 Å². The van der Waals surface area contributed by atoms with Gasteiger partial charge < -0.3 is 4.74 Å². The maximum absolute atomic E-state index is 13.7. The van der Waals surface area contributed by atoms with E-state index in [2.05, 4.69) is 4.74 Å². The second-order valence-corrected chi connectivity index (χ2v) is 10.4. The molecule has 0 aliphatic carbocycles. The van der Waals surface area contributed by atoms with Gasteiger partial charge in [-0.15, -0.1) is 0 Å². The molecule has 332 valence electrons. The fraction of sp³-hybridized carbons (Fsp3) is 1.00. The van der Waals surface area contributed by atoms with Crippen LogP contribution in [-0.4, -0.2) is 108 Å². The number of hydrogen-bond donors (Lipinski definition) is 0. The van der Waals surface area contributed by atoms with Crippen molar-refractivity contribution in [2.45, 2.75) is 108 Å². The molecule has 0 N–H and O–H groups in total. The molecule has 0 aliphatic rings. The van der Waals surface area contributed by atoms with E-state index in [4.69, 9.17) is 0 Å². The second-order valence-electron chi connectivity index (χ2n) is 10.4. The molecule has 0 rings (SSSR count). The van der Waals surface area contributed by atoms with Gasteiger partial charge in [0.2, 0.25) is 0 Å². The number of ether oxygens (including phenoxy) is 1. The SMILES string of the molecule is FC(F)(F)C(F)(F)C(F)(F)C(F)(F)C(F)(F)C(F)(F)C(F)(F)C(F)(F)CCOCCC(F)(F)C(F)(F)C(F)(F)C(F)(F)C(F)(F)C(F)(F)C(F)(F)C(F)(F)F. The standard InChI is InChI=1S/C20H8F34O/c21-5(22,7(25,26)9(29,30)11(33,34)13(37,38)15(41,42)17(45,46)19(49,50)51)1-3-55-4-2-6(23,24)8(27,28)10(31,32)12(35,36)14(39,40)16(43,44)18(47,48)20(52,53)54/h1-4H2. The van der Waals surface area contributed by atoms with Crippen LogP contribution >= 0.6 is 0 Å². The molecule has 0 aromatic rings. The molecule has 0 aromatic carbocycles. The summed E-state index contributed by atoms with van der Waals surface area (Å²) in [6.07, 6.45) is -23.5. The van der Waals surface area contributed by atoms with E-state index in [0.717, 1.165) is 0 Å². The molecule has 0 aromatic heterocycles. The van der Waals surface area contributed by atoms with Crippen molar-refractivity contribution < 1.29 is 154 Å². The van der Waals surface area contributed by atoms with E-state index in [9.17, 15) is 149 Å². The Bertz CT molecular complexity index is 1230. The number of rotatable bonds is 18. The molecule has 0 unspecified atom stereocenters. The third-order valence-corrected chi connectivity index (χ3v) is 6.69. The van der Waals surface area contributed by atoms with E-state index < -0.39 is 121 Å². The summed E-state index contributed by atoms with van der Waals surface area (Å²) in [6, 6.07) is 0. The molecule has 0 aliphatic heterocycles. The maximum atomic E-state index is 13.7. The van der Waals surface area contributed by atoms with Gasteiger partial charge in [0.15, 0.2) is 0 Å². The first kappa shape index (κ1) is 52.6. The molecular formula is C20H8F34O. The van der Waals surface area contributed by atoms with Crippen LogP contribution in [0.2, 0.25) is 0 Å². The lowest BCUT2D eigenvalue weighted by atomic mass is 9.88. The summed E-state index contributed by atoms with van der Waals surface area (Å²) in [5.41, 5.74) is 0. The van der Waals surface area contributed by atoms with Gasteiger partial charge in [-0.1, -0.05) is 0 Å². The molecule has 0 atom stereocenters. The highest BCUT2D eigenvalue weighted by Gasteiger charge is 2.96. The molecule has 55 heavy (non-hydrogen) atoms. The minimum absolute atomic E-state index is 2.94. The largest absolute Gasteiger partial charge is 0.460 e. The molecule has 0 saturated heterocycles. The van der Waals surface area contributed by atoms with Crippen molar-refractivity contribution in [2.75, 3.05) is 13.2 Å². The Hall–Kier alpha value is -2.42. The third-order valence-electron chi connectivity index (χ3n) is 6.69. The average Bonchev–Trinajstić information content (AvgIpc) is 2.94. The van der Waals surface area contributed by atoms with Gasteiger partial charge in [-0.05, 0) is 0 Å². The molecule has 0 radical (unpaired) electrons. The van der Waals surface area contributed by atoms with Gasteiger partial charge >= 0.3 is 95.3 Å². The molecule has 0 bridgehead atoms. The summed E-state index contributed by atoms with van der Waals surface area (Å²) in [5.74, 6) is -121. The monoisotopic (exact) mass is 910 g/mol. The Balaban J connectivity index is 6.33. The van der Waals surface area contributed by atoms with Crippen LogP contribution in [0, 0.1) is 0 Å². The molecule has 0 heterocycles. The van der Waals surface area contributed by atoms with Crippen molar-refractivity contribution in [1.29, 1.82) is 0 Å². The number of halogens is 34. The first-order chi connectivity index (χ1) is 23.2. The fourth-order valence-corrected chi connectivity index (χ4v) is 3.21. The number of alkyl halides is 34. The van der Waals surface area contributed by atoms with E-state index >= 15 is 0 Å². The van der Waals surface area contributed by atoms with Crippen LogP contribution in [0.15, 0.2) is 0 Å². The zero-order valence-electron chi connectivity index (χ0n) is 24.1. The van der Waals surface area contributed by atoms with Crippen LogP contribution in [0.25, 0.3) is 0 Å². The Morgan fingerprint density at radius 1 is 0.200 bits per heavy atom. The third kappa shape index (κ3) is 7.11. The molecule has 0 spiro atoms. The quantitative estimate of drug-likeness (QED) is 0.0984. The predicted molar refractivity (Wildman–Crippen MR) is 101 cm³/mol. The van der Waals surface area contributed by atoms with E-state index in [0.29, 0.717) is 0 Å². The Morgan fingerprint density at radius 3 is 0.509 bits per heavy atom. The van der Waals surface area contributed by atoms with E-state index in [-0.39, 0.29) is 0 Å². The molecular weight excluding hydrogens is 902 g/mol. The normalized spacial score (nSPS) is 16.9. The predicted octanol–water partition coefficient (Wildman–Crippen LogP) is 11.8. The van der Waals surface area contributed by atoms with Crippen molar-refractivity contribution in [3.63, 3.8) is 0 Å². The Kier molecular flexibility index (Phi) is 13.0. The first-order valence-electron chi connectivity index (χ1n) is 12.2. The van der Waals surface area contributed by atoms with Crippen molar-refractivity contribution in [3.05, 3.63) is 0 Å². The first-order valence-corrected chi connectivity index (χ1v) is 12.2. The molecule has 0 fully saturated rings. The summed E-state index contributed by atoms with van der Waals surface area (Å²) in [5, 5.41) is 0. The zero-order valence-corrected chi connectivity index (χ0v) is 24.1. The van der Waals surface area contributed by atoms with Gasteiger partial charge in [-0.3, -0.25) is 0 Å². The van der Waals surface area contributed by atoms with Crippen LogP contribution in [-0.2, 0) is 4.74 Å². The maximum Gasteiger partial charge on any atom is 0.460 e. The van der Waals surface area contributed by atoms with Crippen molar-refractivity contribution in [1.82, 2.24) is 0 Å². The molecule has 0 saturated carbocycles. The van der Waals surface area contributed by atoms with Crippen LogP contribution in [0.4, 0.5) is 149 Å². The number of hydrogen-bond acceptors (Lipinski definition) is 1. The summed E-state index contributed by atoms with van der Waals surface area (Å²) in [7, 11) is 0. The molecule has 0 amide bonds. The summed E-state index contributed by atoms with van der Waals surface area (Å²) in [4.78, 5) is 0. The summed E-state index contributed by atoms with van der Waals surface area (Å²) >= 11 is 0. The highest BCUT2D eigenvalue weighted by Crippen LogP contribution is 2.66. The van der Waals surface area contributed by atoms with Gasteiger partial charge in [0.25, 0.3) is 0 Å². The lowest BCUT2D eigenvalue weighted by Crippen LogP contribution is -2.74. The lowest BCUT2D eigenvalue weighted by molar-refractivity contribution is -0.462. The van der Waals surface area contributed by atoms with Crippen LogP contribution < -0.4 is 0 Å². The smallest absolute Gasteiger partial charge is 0.381 e. The van der Waals surface area contributed by atoms with Crippen molar-refractivity contribution >= 4 is 0 Å². The lowest BCUT2D eigenvalue weighted by Gasteiger charge is -2.43.